The van der Waals surface area contributed by atoms with Crippen molar-refractivity contribution in [2.24, 2.45) is 7.05 Å². The fourth-order valence-electron chi connectivity index (χ4n) is 2.11. The smallest absolute Gasteiger partial charge is 0.277 e. The highest BCUT2D eigenvalue weighted by atomic mass is 32.1. The monoisotopic (exact) mass is 301 g/mol. The highest BCUT2D eigenvalue weighted by Gasteiger charge is 2.16. The molecule has 0 bridgehead atoms. The summed E-state index contributed by atoms with van der Waals surface area (Å²) in [5.74, 6) is 0.443. The third-order valence-electron chi connectivity index (χ3n) is 3.35. The van der Waals surface area contributed by atoms with E-state index in [0.717, 1.165) is 21.8 Å². The lowest BCUT2D eigenvalue weighted by Gasteiger charge is -2.04. The number of nitrogens with one attached hydrogen (secondary N) is 2. The molecule has 0 aliphatic rings. The van der Waals surface area contributed by atoms with Crippen LogP contribution >= 0.6 is 11.3 Å². The molecule has 0 saturated carbocycles. The molecule has 0 aromatic carbocycles. The maximum absolute atomic E-state index is 12.3. The van der Waals surface area contributed by atoms with Crippen LogP contribution in [0.25, 0.3) is 10.6 Å². The standard InChI is InChI=1S/C14H15N5OS/c1-8-9(2)18-19(3)13(8)15-14(20)11-7-10(16-17-11)12-5-4-6-21-12/h4-7H,1-3H3,(H,15,20)(H,16,17). The number of H-pyrrole nitrogens is 1. The van der Waals surface area contributed by atoms with Crippen molar-refractivity contribution in [1.29, 1.82) is 0 Å². The molecule has 21 heavy (non-hydrogen) atoms. The van der Waals surface area contributed by atoms with Gasteiger partial charge in [0.1, 0.15) is 5.82 Å². The molecule has 0 radical (unpaired) electrons. The minimum atomic E-state index is -0.250. The van der Waals surface area contributed by atoms with Crippen molar-refractivity contribution in [3.63, 3.8) is 0 Å². The quantitative estimate of drug-likeness (QED) is 0.781. The van der Waals surface area contributed by atoms with Gasteiger partial charge in [-0.3, -0.25) is 14.6 Å². The van der Waals surface area contributed by atoms with E-state index < -0.39 is 0 Å². The van der Waals surface area contributed by atoms with E-state index in [0.29, 0.717) is 11.5 Å². The van der Waals surface area contributed by atoms with Crippen LogP contribution in [0.4, 0.5) is 5.82 Å². The molecule has 0 unspecified atom stereocenters. The number of anilines is 1. The van der Waals surface area contributed by atoms with Crippen molar-refractivity contribution in [1.82, 2.24) is 20.0 Å². The second-order valence-electron chi connectivity index (χ2n) is 4.78. The second kappa shape index (κ2) is 5.17. The number of rotatable bonds is 3. The molecule has 1 amide bonds. The first-order valence-corrected chi connectivity index (χ1v) is 7.35. The van der Waals surface area contributed by atoms with Crippen LogP contribution in [0.3, 0.4) is 0 Å². The largest absolute Gasteiger partial charge is 0.305 e. The Balaban J connectivity index is 1.83. The molecule has 0 aliphatic heterocycles. The summed E-state index contributed by atoms with van der Waals surface area (Å²) in [5.41, 5.74) is 3.05. The van der Waals surface area contributed by atoms with E-state index in [2.05, 4.69) is 20.6 Å². The summed E-state index contributed by atoms with van der Waals surface area (Å²) in [4.78, 5) is 13.3. The first-order chi connectivity index (χ1) is 10.1. The average Bonchev–Trinajstić information content (AvgIpc) is 3.15. The number of carbonyl (C=O) groups is 1. The van der Waals surface area contributed by atoms with E-state index >= 15 is 0 Å². The summed E-state index contributed by atoms with van der Waals surface area (Å²) in [6.45, 7) is 3.84. The van der Waals surface area contributed by atoms with Crippen LogP contribution in [-0.4, -0.2) is 25.9 Å². The summed E-state index contributed by atoms with van der Waals surface area (Å²) < 4.78 is 1.66. The Morgan fingerprint density at radius 3 is 2.86 bits per heavy atom. The highest BCUT2D eigenvalue weighted by molar-refractivity contribution is 7.13. The fraction of sp³-hybridized carbons (Fsp3) is 0.214. The normalized spacial score (nSPS) is 10.8. The molecule has 0 atom stereocenters. The van der Waals surface area contributed by atoms with Crippen LogP contribution in [0, 0.1) is 13.8 Å². The number of hydrogen-bond acceptors (Lipinski definition) is 4. The van der Waals surface area contributed by atoms with E-state index in [-0.39, 0.29) is 5.91 Å². The minimum Gasteiger partial charge on any atom is -0.305 e. The zero-order valence-electron chi connectivity index (χ0n) is 12.0. The molecule has 3 heterocycles. The lowest BCUT2D eigenvalue weighted by Crippen LogP contribution is -2.15. The number of aryl methyl sites for hydroxylation is 2. The lowest BCUT2D eigenvalue weighted by atomic mass is 10.2. The number of nitrogens with zero attached hydrogens (tertiary/aromatic N) is 3. The first-order valence-electron chi connectivity index (χ1n) is 6.47. The second-order valence-corrected chi connectivity index (χ2v) is 5.73. The molecular weight excluding hydrogens is 286 g/mol. The van der Waals surface area contributed by atoms with E-state index in [1.54, 1.807) is 29.1 Å². The number of aromatic amines is 1. The van der Waals surface area contributed by atoms with Crippen LogP contribution in [0.1, 0.15) is 21.7 Å². The van der Waals surface area contributed by atoms with E-state index in [1.165, 1.54) is 0 Å². The molecule has 0 spiro atoms. The Morgan fingerprint density at radius 1 is 1.43 bits per heavy atom. The Kier molecular flexibility index (Phi) is 3.34. The van der Waals surface area contributed by atoms with Gasteiger partial charge in [-0.25, -0.2) is 0 Å². The number of carbonyl (C=O) groups excluding carboxylic acids is 1. The molecule has 0 aliphatic carbocycles. The van der Waals surface area contributed by atoms with Crippen molar-refractivity contribution < 1.29 is 4.79 Å². The van der Waals surface area contributed by atoms with Crippen LogP contribution < -0.4 is 5.32 Å². The number of aromatic nitrogens is 4. The zero-order valence-corrected chi connectivity index (χ0v) is 12.8. The van der Waals surface area contributed by atoms with Crippen LogP contribution in [0.2, 0.25) is 0 Å². The zero-order chi connectivity index (χ0) is 15.0. The van der Waals surface area contributed by atoms with Crippen LogP contribution in [0.15, 0.2) is 23.6 Å². The molecule has 7 heteroatoms. The summed E-state index contributed by atoms with van der Waals surface area (Å²) in [5, 5.41) is 16.1. The topological polar surface area (TPSA) is 75.6 Å². The molecule has 2 N–H and O–H groups in total. The molecular formula is C14H15N5OS. The summed E-state index contributed by atoms with van der Waals surface area (Å²) in [7, 11) is 1.80. The van der Waals surface area contributed by atoms with Gasteiger partial charge in [-0.15, -0.1) is 11.3 Å². The van der Waals surface area contributed by atoms with Crippen molar-refractivity contribution in [3.05, 3.63) is 40.5 Å². The summed E-state index contributed by atoms with van der Waals surface area (Å²) in [6.07, 6.45) is 0. The third kappa shape index (κ3) is 2.47. The van der Waals surface area contributed by atoms with Gasteiger partial charge in [-0.1, -0.05) is 6.07 Å². The Labute approximate surface area is 125 Å². The third-order valence-corrected chi connectivity index (χ3v) is 4.25. The molecule has 3 aromatic heterocycles. The SMILES string of the molecule is Cc1nn(C)c(NC(=O)c2cc(-c3cccs3)[nH]n2)c1C. The van der Waals surface area contributed by atoms with E-state index in [4.69, 9.17) is 0 Å². The lowest BCUT2D eigenvalue weighted by molar-refractivity contribution is 0.102. The van der Waals surface area contributed by atoms with Crippen molar-refractivity contribution in [2.75, 3.05) is 5.32 Å². The van der Waals surface area contributed by atoms with Gasteiger partial charge < -0.3 is 5.32 Å². The van der Waals surface area contributed by atoms with Gasteiger partial charge in [-0.05, 0) is 31.4 Å². The molecule has 6 nitrogen and oxygen atoms in total. The number of hydrogen-bond donors (Lipinski definition) is 2. The molecule has 0 fully saturated rings. The van der Waals surface area contributed by atoms with Gasteiger partial charge >= 0.3 is 0 Å². The molecule has 0 saturated heterocycles. The van der Waals surface area contributed by atoms with Gasteiger partial charge in [0.2, 0.25) is 0 Å². The van der Waals surface area contributed by atoms with Gasteiger partial charge in [0.25, 0.3) is 5.91 Å². The molecule has 3 aromatic rings. The Bertz CT molecular complexity index is 785. The number of thiophene rings is 1. The molecule has 108 valence electrons. The predicted octanol–water partition coefficient (Wildman–Crippen LogP) is 2.74. The van der Waals surface area contributed by atoms with Crippen LogP contribution in [-0.2, 0) is 7.05 Å². The summed E-state index contributed by atoms with van der Waals surface area (Å²) in [6, 6.07) is 5.69. The van der Waals surface area contributed by atoms with Crippen molar-refractivity contribution in [3.8, 4) is 10.6 Å². The maximum Gasteiger partial charge on any atom is 0.277 e. The Hall–Kier alpha value is -2.41. The van der Waals surface area contributed by atoms with Crippen LogP contribution in [0.5, 0.6) is 0 Å². The van der Waals surface area contributed by atoms with Gasteiger partial charge in [0, 0.05) is 12.6 Å². The van der Waals surface area contributed by atoms with Gasteiger partial charge in [0.15, 0.2) is 5.69 Å². The number of amides is 1. The first kappa shape index (κ1) is 13.6. The summed E-state index contributed by atoms with van der Waals surface area (Å²) >= 11 is 1.60. The maximum atomic E-state index is 12.3. The fourth-order valence-corrected chi connectivity index (χ4v) is 2.80. The van der Waals surface area contributed by atoms with Crippen molar-refractivity contribution in [2.45, 2.75) is 13.8 Å². The Morgan fingerprint density at radius 2 is 2.24 bits per heavy atom. The van der Waals surface area contributed by atoms with Gasteiger partial charge in [-0.2, -0.15) is 10.2 Å². The highest BCUT2D eigenvalue weighted by Crippen LogP contribution is 2.23. The predicted molar refractivity (Wildman–Crippen MR) is 82.5 cm³/mol. The molecule has 3 rings (SSSR count). The van der Waals surface area contributed by atoms with Gasteiger partial charge in [0.05, 0.1) is 16.3 Å². The van der Waals surface area contributed by atoms with E-state index in [1.807, 2.05) is 31.4 Å². The van der Waals surface area contributed by atoms with Crippen molar-refractivity contribution >= 4 is 23.1 Å². The average molecular weight is 301 g/mol. The minimum absolute atomic E-state index is 0.250. The van der Waals surface area contributed by atoms with E-state index in [9.17, 15) is 4.79 Å².